The van der Waals surface area contributed by atoms with Crippen molar-refractivity contribution in [2.24, 2.45) is 0 Å². The fourth-order valence-electron chi connectivity index (χ4n) is 2.55. The van der Waals surface area contributed by atoms with E-state index in [4.69, 9.17) is 0 Å². The van der Waals surface area contributed by atoms with Crippen molar-refractivity contribution in [3.05, 3.63) is 68.2 Å². The number of halogens is 1. The van der Waals surface area contributed by atoms with Gasteiger partial charge in [-0.3, -0.25) is 14.6 Å². The Hall–Kier alpha value is -2.74. The molecule has 0 spiro atoms. The van der Waals surface area contributed by atoms with Gasteiger partial charge in [0.2, 0.25) is 5.95 Å². The van der Waals surface area contributed by atoms with Gasteiger partial charge in [-0.25, -0.2) is 4.98 Å². The molecule has 0 saturated heterocycles. The van der Waals surface area contributed by atoms with Crippen LogP contribution in [0.15, 0.2) is 45.7 Å². The van der Waals surface area contributed by atoms with Crippen LogP contribution in [0.1, 0.15) is 35.1 Å². The highest BCUT2D eigenvalue weighted by molar-refractivity contribution is 9.10. The van der Waals surface area contributed by atoms with E-state index in [0.717, 1.165) is 10.9 Å². The highest BCUT2D eigenvalue weighted by Gasteiger charge is 2.14. The molecule has 7 nitrogen and oxygen atoms in total. The number of carbonyl (C=O) groups is 1. The molecule has 0 bridgehead atoms. The summed E-state index contributed by atoms with van der Waals surface area (Å²) in [4.78, 5) is 31.6. The van der Waals surface area contributed by atoms with Gasteiger partial charge in [-0.1, -0.05) is 35.3 Å². The summed E-state index contributed by atoms with van der Waals surface area (Å²) in [5.41, 5.74) is 1.63. The van der Waals surface area contributed by atoms with Crippen molar-refractivity contribution >= 4 is 27.7 Å². The molecule has 26 heavy (non-hydrogen) atoms. The number of amides is 1. The number of aromatic nitrogens is 4. The first-order valence-corrected chi connectivity index (χ1v) is 8.99. The van der Waals surface area contributed by atoms with E-state index >= 15 is 0 Å². The topological polar surface area (TPSA) is 92.7 Å². The summed E-state index contributed by atoms with van der Waals surface area (Å²) >= 11 is 3.35. The Morgan fingerprint density at radius 1 is 1.31 bits per heavy atom. The zero-order valence-corrected chi connectivity index (χ0v) is 16.0. The Labute approximate surface area is 158 Å². The molecule has 0 aliphatic carbocycles. The third kappa shape index (κ3) is 4.08. The lowest BCUT2D eigenvalue weighted by atomic mass is 10.2. The average molecular weight is 416 g/mol. The molecule has 2 heterocycles. The van der Waals surface area contributed by atoms with Crippen molar-refractivity contribution in [3.8, 4) is 5.95 Å². The number of hydrogen-bond acceptors (Lipinski definition) is 4. The summed E-state index contributed by atoms with van der Waals surface area (Å²) in [6, 6.07) is 10.3. The van der Waals surface area contributed by atoms with Gasteiger partial charge in [-0.15, -0.1) is 0 Å². The molecule has 3 rings (SSSR count). The number of hydrogen-bond donors (Lipinski definition) is 2. The normalized spacial score (nSPS) is 10.7. The minimum absolute atomic E-state index is 0.254. The third-order valence-electron chi connectivity index (χ3n) is 3.65. The Balaban J connectivity index is 1.96. The summed E-state index contributed by atoms with van der Waals surface area (Å²) in [6.07, 6.45) is 1.57. The number of aromatic amines is 1. The summed E-state index contributed by atoms with van der Waals surface area (Å²) in [6.45, 7) is 3.82. The van der Waals surface area contributed by atoms with E-state index in [2.05, 4.69) is 36.3 Å². The number of anilines is 1. The lowest BCUT2D eigenvalue weighted by Gasteiger charge is -2.09. The van der Waals surface area contributed by atoms with E-state index in [9.17, 15) is 9.59 Å². The van der Waals surface area contributed by atoms with E-state index in [1.807, 2.05) is 13.0 Å². The predicted octanol–water partition coefficient (Wildman–Crippen LogP) is 3.23. The maximum atomic E-state index is 12.5. The van der Waals surface area contributed by atoms with Gasteiger partial charge in [0.05, 0.1) is 5.69 Å². The third-order valence-corrected chi connectivity index (χ3v) is 4.14. The Morgan fingerprint density at radius 2 is 2.12 bits per heavy atom. The van der Waals surface area contributed by atoms with Crippen molar-refractivity contribution in [2.75, 3.05) is 5.32 Å². The first-order valence-electron chi connectivity index (χ1n) is 8.20. The minimum Gasteiger partial charge on any atom is -0.306 e. The fourth-order valence-corrected chi connectivity index (χ4v) is 2.95. The van der Waals surface area contributed by atoms with Crippen molar-refractivity contribution in [1.82, 2.24) is 19.7 Å². The van der Waals surface area contributed by atoms with Crippen LogP contribution in [0.2, 0.25) is 0 Å². The van der Waals surface area contributed by atoms with Crippen LogP contribution in [-0.2, 0) is 6.42 Å². The van der Waals surface area contributed by atoms with Crippen LogP contribution in [0.4, 0.5) is 5.82 Å². The monoisotopic (exact) mass is 415 g/mol. The molecular formula is C18H18BrN5O2. The largest absolute Gasteiger partial charge is 0.306 e. The average Bonchev–Trinajstić information content (AvgIpc) is 2.95. The minimum atomic E-state index is -0.278. The summed E-state index contributed by atoms with van der Waals surface area (Å²) in [7, 11) is 0. The van der Waals surface area contributed by atoms with E-state index in [0.29, 0.717) is 29.2 Å². The van der Waals surface area contributed by atoms with Gasteiger partial charge in [0.1, 0.15) is 5.82 Å². The number of aryl methyl sites for hydroxylation is 2. The van der Waals surface area contributed by atoms with Gasteiger partial charge < -0.3 is 5.32 Å². The van der Waals surface area contributed by atoms with E-state index < -0.39 is 0 Å². The maximum Gasteiger partial charge on any atom is 0.256 e. The second-order valence-corrected chi connectivity index (χ2v) is 6.77. The molecule has 134 valence electrons. The van der Waals surface area contributed by atoms with Crippen LogP contribution in [0, 0.1) is 6.92 Å². The van der Waals surface area contributed by atoms with E-state index in [-0.39, 0.29) is 17.4 Å². The van der Waals surface area contributed by atoms with E-state index in [1.165, 1.54) is 10.7 Å². The second-order valence-electron chi connectivity index (χ2n) is 5.86. The van der Waals surface area contributed by atoms with Crippen molar-refractivity contribution < 1.29 is 4.79 Å². The van der Waals surface area contributed by atoms with Crippen LogP contribution in [0.5, 0.6) is 0 Å². The van der Waals surface area contributed by atoms with Gasteiger partial charge in [-0.2, -0.15) is 9.78 Å². The molecule has 1 amide bonds. The van der Waals surface area contributed by atoms with Crippen molar-refractivity contribution in [2.45, 2.75) is 26.7 Å². The molecular weight excluding hydrogens is 398 g/mol. The molecule has 0 saturated carbocycles. The zero-order valence-electron chi connectivity index (χ0n) is 14.4. The Bertz CT molecular complexity index is 1010. The summed E-state index contributed by atoms with van der Waals surface area (Å²) in [5.74, 6) is 0.433. The standard InChI is InChI=1S/C18H18BrN5O2/c1-3-5-14-10-16(25)22-18(20-14)24-15(8-11(2)23-24)21-17(26)12-6-4-7-13(19)9-12/h4,6-10H,3,5H2,1-2H3,(H,21,26)(H,20,22,25). The van der Waals surface area contributed by atoms with E-state index in [1.54, 1.807) is 31.2 Å². The number of nitrogens with zero attached hydrogens (tertiary/aromatic N) is 3. The summed E-state index contributed by atoms with van der Waals surface area (Å²) in [5, 5.41) is 7.17. The van der Waals surface area contributed by atoms with Crippen LogP contribution in [0.25, 0.3) is 5.95 Å². The van der Waals surface area contributed by atoms with Crippen LogP contribution in [-0.4, -0.2) is 25.7 Å². The maximum absolute atomic E-state index is 12.5. The SMILES string of the molecule is CCCc1cc(=O)[nH]c(-n2nc(C)cc2NC(=O)c2cccc(Br)c2)n1. The van der Waals surface area contributed by atoms with Crippen LogP contribution in [0.3, 0.4) is 0 Å². The molecule has 0 radical (unpaired) electrons. The van der Waals surface area contributed by atoms with Gasteiger partial charge in [0.15, 0.2) is 0 Å². The zero-order chi connectivity index (χ0) is 18.7. The molecule has 0 aliphatic rings. The molecule has 2 aromatic heterocycles. The quantitative estimate of drug-likeness (QED) is 0.668. The highest BCUT2D eigenvalue weighted by atomic mass is 79.9. The number of H-pyrrole nitrogens is 1. The van der Waals surface area contributed by atoms with Crippen LogP contribution < -0.4 is 10.9 Å². The molecule has 0 atom stereocenters. The Kier molecular flexibility index (Phi) is 5.32. The first kappa shape index (κ1) is 18.1. The molecule has 3 aromatic rings. The molecule has 0 unspecified atom stereocenters. The smallest absolute Gasteiger partial charge is 0.256 e. The molecule has 8 heteroatoms. The second kappa shape index (κ2) is 7.65. The Morgan fingerprint density at radius 3 is 2.85 bits per heavy atom. The number of rotatable bonds is 5. The van der Waals surface area contributed by atoms with Gasteiger partial charge in [-0.05, 0) is 31.5 Å². The lowest BCUT2D eigenvalue weighted by Crippen LogP contribution is -2.19. The molecule has 0 aliphatic heterocycles. The number of carbonyl (C=O) groups excluding carboxylic acids is 1. The molecule has 0 fully saturated rings. The predicted molar refractivity (Wildman–Crippen MR) is 103 cm³/mol. The highest BCUT2D eigenvalue weighted by Crippen LogP contribution is 2.17. The lowest BCUT2D eigenvalue weighted by molar-refractivity contribution is 0.102. The molecule has 2 N–H and O–H groups in total. The summed E-state index contributed by atoms with van der Waals surface area (Å²) < 4.78 is 2.25. The van der Waals surface area contributed by atoms with Crippen molar-refractivity contribution in [1.29, 1.82) is 0 Å². The van der Waals surface area contributed by atoms with Gasteiger partial charge >= 0.3 is 0 Å². The first-order chi connectivity index (χ1) is 12.5. The fraction of sp³-hybridized carbons (Fsp3) is 0.222. The number of benzene rings is 1. The van der Waals surface area contributed by atoms with Gasteiger partial charge in [0.25, 0.3) is 11.5 Å². The van der Waals surface area contributed by atoms with Crippen molar-refractivity contribution in [3.63, 3.8) is 0 Å². The molecule has 1 aromatic carbocycles. The number of nitrogens with one attached hydrogen (secondary N) is 2. The van der Waals surface area contributed by atoms with Crippen LogP contribution >= 0.6 is 15.9 Å². The van der Waals surface area contributed by atoms with Gasteiger partial charge in [0, 0.05) is 27.9 Å².